The lowest BCUT2D eigenvalue weighted by Gasteiger charge is -2.05. The van der Waals surface area contributed by atoms with Crippen LogP contribution < -0.4 is 5.32 Å². The first-order valence-corrected chi connectivity index (χ1v) is 17.0. The molecule has 0 atom stereocenters. The van der Waals surface area contributed by atoms with E-state index in [2.05, 4.69) is 25.7 Å². The van der Waals surface area contributed by atoms with Crippen molar-refractivity contribution in [1.82, 2.24) is 5.32 Å². The molecule has 1 N–H and O–H groups in total. The van der Waals surface area contributed by atoms with E-state index in [1.54, 1.807) is 6.08 Å². The van der Waals surface area contributed by atoms with Crippen LogP contribution in [0.2, 0.25) is 0 Å². The highest BCUT2D eigenvalue weighted by atomic mass is 16.2. The first-order valence-electron chi connectivity index (χ1n) is 17.0. The average Bonchev–Trinajstić information content (AvgIpc) is 2.90. The molecule has 226 valence electrons. The second-order valence-electron chi connectivity index (χ2n) is 11.4. The monoisotopic (exact) mass is 536 g/mol. The van der Waals surface area contributed by atoms with Crippen molar-refractivity contribution in [3.05, 3.63) is 12.7 Å². The molecule has 0 aromatic carbocycles. The molecule has 0 aromatic heterocycles. The molecule has 0 aromatic rings. The Bertz CT molecular complexity index is 448. The number of unbranched alkanes of at least 4 members (excludes halogenated alkanes) is 24. The quantitative estimate of drug-likeness (QED) is 0.0799. The highest BCUT2D eigenvalue weighted by molar-refractivity contribution is 5.95. The van der Waals surface area contributed by atoms with E-state index in [1.807, 2.05) is 6.92 Å². The van der Waals surface area contributed by atoms with Gasteiger partial charge in [0.15, 0.2) is 0 Å². The van der Waals surface area contributed by atoms with Crippen LogP contribution in [0.4, 0.5) is 0 Å². The van der Waals surface area contributed by atoms with Crippen LogP contribution in [0, 0.1) is 0 Å². The van der Waals surface area contributed by atoms with Gasteiger partial charge in [0.2, 0.25) is 11.8 Å². The normalized spacial score (nSPS) is 10.6. The van der Waals surface area contributed by atoms with Gasteiger partial charge in [-0.25, -0.2) is 0 Å². The molecule has 0 rings (SSSR count). The summed E-state index contributed by atoms with van der Waals surface area (Å²) >= 11 is 0. The number of allylic oxidation sites excluding steroid dienone is 1. The van der Waals surface area contributed by atoms with Crippen molar-refractivity contribution in [1.29, 1.82) is 0 Å². The fraction of sp³-hybridized carbons (Fsp3) is 0.886. The molecule has 0 fully saturated rings. The number of hydrogen-bond donors (Lipinski definition) is 1. The van der Waals surface area contributed by atoms with Gasteiger partial charge in [-0.15, -0.1) is 6.58 Å². The zero-order valence-electron chi connectivity index (χ0n) is 26.4. The first kappa shape index (κ1) is 39.0. The van der Waals surface area contributed by atoms with Crippen molar-refractivity contribution >= 4 is 11.8 Å². The summed E-state index contributed by atoms with van der Waals surface area (Å²) in [6.45, 7) is 9.79. The van der Waals surface area contributed by atoms with Gasteiger partial charge in [0, 0.05) is 12.8 Å². The fourth-order valence-corrected chi connectivity index (χ4v) is 4.89. The van der Waals surface area contributed by atoms with Gasteiger partial charge in [-0.1, -0.05) is 174 Å². The third-order valence-corrected chi connectivity index (χ3v) is 7.29. The summed E-state index contributed by atoms with van der Waals surface area (Å²) in [6.07, 6.45) is 36.7. The Kier molecular flexibility index (Phi) is 36.8. The first-order chi connectivity index (χ1) is 18.6. The Labute approximate surface area is 239 Å². The predicted octanol–water partition coefficient (Wildman–Crippen LogP) is 11.8. The van der Waals surface area contributed by atoms with Crippen molar-refractivity contribution in [2.75, 3.05) is 0 Å². The molecule has 3 nitrogen and oxygen atoms in total. The van der Waals surface area contributed by atoms with E-state index in [-0.39, 0.29) is 11.8 Å². The number of amides is 2. The number of imide groups is 1. The molecule has 0 aliphatic carbocycles. The lowest BCUT2D eigenvalue weighted by molar-refractivity contribution is -0.130. The Morgan fingerprint density at radius 1 is 0.447 bits per heavy atom. The molecule has 3 heteroatoms. The van der Waals surface area contributed by atoms with Crippen LogP contribution in [0.1, 0.15) is 201 Å². The van der Waals surface area contributed by atoms with Crippen LogP contribution in [0.5, 0.6) is 0 Å². The highest BCUT2D eigenvalue weighted by Gasteiger charge is 2.07. The fourth-order valence-electron chi connectivity index (χ4n) is 4.89. The molecule has 0 saturated heterocycles. The van der Waals surface area contributed by atoms with Gasteiger partial charge >= 0.3 is 0 Å². The summed E-state index contributed by atoms with van der Waals surface area (Å²) in [5.41, 5.74) is 0. The van der Waals surface area contributed by atoms with Gasteiger partial charge < -0.3 is 0 Å². The van der Waals surface area contributed by atoms with Gasteiger partial charge in [0.1, 0.15) is 0 Å². The van der Waals surface area contributed by atoms with Crippen LogP contribution in [0.15, 0.2) is 12.7 Å². The van der Waals surface area contributed by atoms with Crippen LogP contribution >= 0.6 is 0 Å². The summed E-state index contributed by atoms with van der Waals surface area (Å²) < 4.78 is 0. The summed E-state index contributed by atoms with van der Waals surface area (Å²) in [4.78, 5) is 23.9. The Morgan fingerprint density at radius 3 is 0.842 bits per heavy atom. The second kappa shape index (κ2) is 35.9. The maximum absolute atomic E-state index is 12.0. The second-order valence-corrected chi connectivity index (χ2v) is 11.4. The number of rotatable bonds is 28. The molecule has 0 radical (unpaired) electrons. The van der Waals surface area contributed by atoms with Gasteiger partial charge in [-0.2, -0.15) is 0 Å². The highest BCUT2D eigenvalue weighted by Crippen LogP contribution is 2.14. The third kappa shape index (κ3) is 37.0. The molecule has 0 spiro atoms. The minimum atomic E-state index is -0.0761. The Morgan fingerprint density at radius 2 is 0.632 bits per heavy atom. The van der Waals surface area contributed by atoms with Gasteiger partial charge in [0.05, 0.1) is 0 Å². The van der Waals surface area contributed by atoms with E-state index in [4.69, 9.17) is 0 Å². The summed E-state index contributed by atoms with van der Waals surface area (Å²) in [5, 5.41) is 2.59. The summed E-state index contributed by atoms with van der Waals surface area (Å²) in [6, 6.07) is 0. The van der Waals surface area contributed by atoms with Crippen molar-refractivity contribution in [2.24, 2.45) is 0 Å². The summed E-state index contributed by atoms with van der Waals surface area (Å²) in [7, 11) is 0. The lowest BCUT2D eigenvalue weighted by atomic mass is 10.0. The van der Waals surface area contributed by atoms with Crippen molar-refractivity contribution < 1.29 is 9.59 Å². The van der Waals surface area contributed by atoms with Gasteiger partial charge in [-0.3, -0.25) is 14.9 Å². The van der Waals surface area contributed by atoms with E-state index < -0.39 is 0 Å². The van der Waals surface area contributed by atoms with Crippen molar-refractivity contribution in [2.45, 2.75) is 201 Å². The Balaban J connectivity index is 0. The maximum atomic E-state index is 12.0. The van der Waals surface area contributed by atoms with Crippen LogP contribution in [-0.2, 0) is 9.59 Å². The molecule has 0 aliphatic heterocycles. The smallest absolute Gasteiger partial charge is 0.226 e. The Hall–Kier alpha value is -1.12. The van der Waals surface area contributed by atoms with E-state index in [0.717, 1.165) is 25.7 Å². The zero-order chi connectivity index (χ0) is 28.4. The largest absolute Gasteiger partial charge is 0.296 e. The molecule has 0 unspecified atom stereocenters. The topological polar surface area (TPSA) is 46.2 Å². The van der Waals surface area contributed by atoms with Crippen molar-refractivity contribution in [3.63, 3.8) is 0 Å². The average molecular weight is 536 g/mol. The molecule has 0 bridgehead atoms. The van der Waals surface area contributed by atoms with E-state index in [9.17, 15) is 9.59 Å². The molecular weight excluding hydrogens is 466 g/mol. The predicted molar refractivity (Wildman–Crippen MR) is 170 cm³/mol. The van der Waals surface area contributed by atoms with E-state index >= 15 is 0 Å². The van der Waals surface area contributed by atoms with Crippen LogP contribution in [0.3, 0.4) is 0 Å². The van der Waals surface area contributed by atoms with E-state index in [1.165, 1.54) is 141 Å². The van der Waals surface area contributed by atoms with Gasteiger partial charge in [-0.05, 0) is 19.8 Å². The molecule has 0 heterocycles. The number of nitrogens with one attached hydrogen (secondary N) is 1. The molecular formula is C35H69NO2. The summed E-state index contributed by atoms with van der Waals surface area (Å²) in [5.74, 6) is -0.152. The van der Waals surface area contributed by atoms with Crippen LogP contribution in [-0.4, -0.2) is 11.8 Å². The standard InChI is InChI=1S/C32H63NO2.C3H6/c1-3-5-7-9-11-13-15-17-19-21-23-25-27-29-31(34)33-32(35)30-28-26-24-22-20-18-16-14-12-10-8-6-4-2;1-3-2/h3-30H2,1-2H3,(H,33,34,35);3H,1H2,2H3. The minimum Gasteiger partial charge on any atom is -0.296 e. The molecule has 38 heavy (non-hydrogen) atoms. The number of carbonyl (C=O) groups excluding carboxylic acids is 2. The number of hydrogen-bond acceptors (Lipinski definition) is 2. The third-order valence-electron chi connectivity index (χ3n) is 7.29. The lowest BCUT2D eigenvalue weighted by Crippen LogP contribution is -2.29. The molecule has 0 saturated carbocycles. The molecule has 0 aliphatic rings. The molecule has 2 amide bonds. The zero-order valence-corrected chi connectivity index (χ0v) is 26.4. The maximum Gasteiger partial charge on any atom is 0.226 e. The SMILES string of the molecule is C=CC.CCCCCCCCCCCCCCCC(=O)NC(=O)CCCCCCCCCCCCCCC. The van der Waals surface area contributed by atoms with Crippen LogP contribution in [0.25, 0.3) is 0 Å². The minimum absolute atomic E-state index is 0.0761. The number of carbonyl (C=O) groups is 2. The van der Waals surface area contributed by atoms with Crippen molar-refractivity contribution in [3.8, 4) is 0 Å². The van der Waals surface area contributed by atoms with Gasteiger partial charge in [0.25, 0.3) is 0 Å². The van der Waals surface area contributed by atoms with E-state index in [0.29, 0.717) is 12.8 Å².